The van der Waals surface area contributed by atoms with E-state index in [0.717, 1.165) is 12.3 Å². The molecule has 1 aromatic rings. The third kappa shape index (κ3) is 3.97. The third-order valence-electron chi connectivity index (χ3n) is 2.81. The molecule has 0 fully saturated rings. The predicted octanol–water partition coefficient (Wildman–Crippen LogP) is 2.64. The van der Waals surface area contributed by atoms with Gasteiger partial charge in [-0.15, -0.1) is 0 Å². The van der Waals surface area contributed by atoms with Crippen LogP contribution in [-0.2, 0) is 6.42 Å². The molecule has 1 atom stereocenters. The summed E-state index contributed by atoms with van der Waals surface area (Å²) in [6.45, 7) is 8.83. The first kappa shape index (κ1) is 13.2. The normalized spacial score (nSPS) is 13.7. The van der Waals surface area contributed by atoms with E-state index in [9.17, 15) is 0 Å². The molecule has 0 bridgehead atoms. The number of hydrogen-bond acceptors (Lipinski definition) is 2. The fraction of sp³-hybridized carbons (Fsp3) is 0.769. The maximum absolute atomic E-state index is 4.58. The second-order valence-electron chi connectivity index (χ2n) is 5.20. The molecule has 1 unspecified atom stereocenters. The third-order valence-corrected chi connectivity index (χ3v) is 2.81. The van der Waals surface area contributed by atoms with Crippen LogP contribution in [-0.4, -0.2) is 22.9 Å². The molecule has 92 valence electrons. The molecule has 0 saturated heterocycles. The average Bonchev–Trinajstić information content (AvgIpc) is 2.64. The van der Waals surface area contributed by atoms with Gasteiger partial charge in [0.05, 0.1) is 5.69 Å². The van der Waals surface area contributed by atoms with Crippen molar-refractivity contribution in [1.29, 1.82) is 0 Å². The molecule has 0 aliphatic rings. The lowest BCUT2D eigenvalue weighted by molar-refractivity contribution is 0.434. The Labute approximate surface area is 99.2 Å². The number of aromatic nitrogens is 2. The van der Waals surface area contributed by atoms with Gasteiger partial charge in [0.25, 0.3) is 0 Å². The Bertz CT molecular complexity index is 302. The van der Waals surface area contributed by atoms with E-state index >= 15 is 0 Å². The Morgan fingerprint density at radius 3 is 2.44 bits per heavy atom. The standard InChI is InChI=1S/C13H25N3/c1-10(2)8-13(14-5)9-12-6-7-16(15-12)11(3)4/h6-7,10-11,13-14H,8-9H2,1-5H3. The van der Waals surface area contributed by atoms with Crippen molar-refractivity contribution in [3.63, 3.8) is 0 Å². The van der Waals surface area contributed by atoms with Crippen LogP contribution >= 0.6 is 0 Å². The Hall–Kier alpha value is -0.830. The largest absolute Gasteiger partial charge is 0.317 e. The van der Waals surface area contributed by atoms with Gasteiger partial charge in [0, 0.05) is 24.7 Å². The van der Waals surface area contributed by atoms with Gasteiger partial charge in [-0.2, -0.15) is 5.10 Å². The van der Waals surface area contributed by atoms with Crippen molar-refractivity contribution in [1.82, 2.24) is 15.1 Å². The fourth-order valence-corrected chi connectivity index (χ4v) is 1.90. The van der Waals surface area contributed by atoms with Crippen LogP contribution in [0.3, 0.4) is 0 Å². The van der Waals surface area contributed by atoms with E-state index in [-0.39, 0.29) is 0 Å². The van der Waals surface area contributed by atoms with Crippen LogP contribution < -0.4 is 5.32 Å². The molecule has 1 heterocycles. The van der Waals surface area contributed by atoms with Crippen molar-refractivity contribution in [2.24, 2.45) is 5.92 Å². The Kier molecular flexibility index (Phi) is 5.00. The van der Waals surface area contributed by atoms with Crippen LogP contribution in [0.15, 0.2) is 12.3 Å². The Balaban J connectivity index is 2.56. The molecule has 0 aliphatic carbocycles. The van der Waals surface area contributed by atoms with E-state index in [1.165, 1.54) is 12.1 Å². The first-order chi connectivity index (χ1) is 7.52. The summed E-state index contributed by atoms with van der Waals surface area (Å²) in [5, 5.41) is 7.95. The van der Waals surface area contributed by atoms with E-state index in [1.807, 2.05) is 11.7 Å². The van der Waals surface area contributed by atoms with Gasteiger partial charge in [-0.25, -0.2) is 0 Å². The highest BCUT2D eigenvalue weighted by Gasteiger charge is 2.11. The molecule has 0 aliphatic heterocycles. The van der Waals surface area contributed by atoms with Crippen LogP contribution in [0.25, 0.3) is 0 Å². The molecule has 0 saturated carbocycles. The molecule has 0 amide bonds. The van der Waals surface area contributed by atoms with Crippen LogP contribution in [0, 0.1) is 5.92 Å². The lowest BCUT2D eigenvalue weighted by Gasteiger charge is -2.17. The van der Waals surface area contributed by atoms with Gasteiger partial charge in [-0.3, -0.25) is 4.68 Å². The maximum Gasteiger partial charge on any atom is 0.0640 e. The number of likely N-dealkylation sites (N-methyl/N-ethyl adjacent to an activating group) is 1. The summed E-state index contributed by atoms with van der Waals surface area (Å²) in [5.74, 6) is 0.727. The minimum absolute atomic E-state index is 0.451. The summed E-state index contributed by atoms with van der Waals surface area (Å²) in [7, 11) is 2.03. The molecule has 16 heavy (non-hydrogen) atoms. The number of hydrogen-bond donors (Lipinski definition) is 1. The van der Waals surface area contributed by atoms with E-state index < -0.39 is 0 Å². The molecule has 3 heteroatoms. The van der Waals surface area contributed by atoms with Crippen molar-refractivity contribution in [3.05, 3.63) is 18.0 Å². The van der Waals surface area contributed by atoms with Crippen LogP contribution in [0.5, 0.6) is 0 Å². The van der Waals surface area contributed by atoms with E-state index in [2.05, 4.69) is 50.4 Å². The SMILES string of the molecule is CNC(Cc1ccn(C(C)C)n1)CC(C)C. The van der Waals surface area contributed by atoms with Crippen molar-refractivity contribution in [2.75, 3.05) is 7.05 Å². The minimum atomic E-state index is 0.451. The van der Waals surface area contributed by atoms with Gasteiger partial charge >= 0.3 is 0 Å². The molecular formula is C13H25N3. The highest BCUT2D eigenvalue weighted by atomic mass is 15.3. The maximum atomic E-state index is 4.58. The summed E-state index contributed by atoms with van der Waals surface area (Å²) in [6, 6.07) is 3.12. The second kappa shape index (κ2) is 6.04. The smallest absolute Gasteiger partial charge is 0.0640 e. The molecule has 1 N–H and O–H groups in total. The first-order valence-corrected chi connectivity index (χ1v) is 6.24. The zero-order chi connectivity index (χ0) is 12.1. The summed E-state index contributed by atoms with van der Waals surface area (Å²) >= 11 is 0. The average molecular weight is 223 g/mol. The van der Waals surface area contributed by atoms with Crippen molar-refractivity contribution in [3.8, 4) is 0 Å². The molecule has 1 rings (SSSR count). The molecule has 0 spiro atoms. The van der Waals surface area contributed by atoms with Crippen molar-refractivity contribution >= 4 is 0 Å². The van der Waals surface area contributed by atoms with E-state index in [1.54, 1.807) is 0 Å². The highest BCUT2D eigenvalue weighted by Crippen LogP contribution is 2.11. The second-order valence-corrected chi connectivity index (χ2v) is 5.20. The minimum Gasteiger partial charge on any atom is -0.317 e. The van der Waals surface area contributed by atoms with Crippen molar-refractivity contribution in [2.45, 2.75) is 52.6 Å². The first-order valence-electron chi connectivity index (χ1n) is 6.24. The van der Waals surface area contributed by atoms with Gasteiger partial charge in [-0.1, -0.05) is 13.8 Å². The summed E-state index contributed by atoms with van der Waals surface area (Å²) < 4.78 is 2.03. The lowest BCUT2D eigenvalue weighted by Crippen LogP contribution is -2.29. The molecule has 3 nitrogen and oxygen atoms in total. The lowest BCUT2D eigenvalue weighted by atomic mass is 10.0. The van der Waals surface area contributed by atoms with Gasteiger partial charge in [0.2, 0.25) is 0 Å². The fourth-order valence-electron chi connectivity index (χ4n) is 1.90. The summed E-state index contributed by atoms with van der Waals surface area (Å²) in [5.41, 5.74) is 1.19. The van der Waals surface area contributed by atoms with Crippen LogP contribution in [0.4, 0.5) is 0 Å². The van der Waals surface area contributed by atoms with Crippen LogP contribution in [0.1, 0.15) is 45.9 Å². The zero-order valence-corrected chi connectivity index (χ0v) is 11.2. The quantitative estimate of drug-likeness (QED) is 0.803. The number of nitrogens with one attached hydrogen (secondary N) is 1. The van der Waals surface area contributed by atoms with Gasteiger partial charge in [-0.05, 0) is 39.3 Å². The topological polar surface area (TPSA) is 29.9 Å². The predicted molar refractivity (Wildman–Crippen MR) is 68.6 cm³/mol. The van der Waals surface area contributed by atoms with Crippen molar-refractivity contribution < 1.29 is 0 Å². The number of rotatable bonds is 6. The highest BCUT2D eigenvalue weighted by molar-refractivity contribution is 5.02. The molecule has 0 aromatic carbocycles. The Morgan fingerprint density at radius 1 is 1.31 bits per heavy atom. The molecule has 0 radical (unpaired) electrons. The van der Waals surface area contributed by atoms with E-state index in [0.29, 0.717) is 12.1 Å². The van der Waals surface area contributed by atoms with Gasteiger partial charge in [0.15, 0.2) is 0 Å². The summed E-state index contributed by atoms with van der Waals surface area (Å²) in [4.78, 5) is 0. The molecule has 1 aromatic heterocycles. The Morgan fingerprint density at radius 2 is 2.00 bits per heavy atom. The van der Waals surface area contributed by atoms with Gasteiger partial charge in [0.1, 0.15) is 0 Å². The van der Waals surface area contributed by atoms with Gasteiger partial charge < -0.3 is 5.32 Å². The van der Waals surface area contributed by atoms with E-state index in [4.69, 9.17) is 0 Å². The zero-order valence-electron chi connectivity index (χ0n) is 11.2. The van der Waals surface area contributed by atoms with Crippen LogP contribution in [0.2, 0.25) is 0 Å². The monoisotopic (exact) mass is 223 g/mol. The molecular weight excluding hydrogens is 198 g/mol. The number of nitrogens with zero attached hydrogens (tertiary/aromatic N) is 2. The summed E-state index contributed by atoms with van der Waals surface area (Å²) in [6.07, 6.45) is 4.29.